The maximum absolute atomic E-state index is 9.90. The Labute approximate surface area is 116 Å². The average molecular weight is 259 g/mol. The molecule has 1 aliphatic heterocycles. The van der Waals surface area contributed by atoms with Gasteiger partial charge in [-0.2, -0.15) is 0 Å². The van der Waals surface area contributed by atoms with Crippen molar-refractivity contribution >= 4 is 0 Å². The van der Waals surface area contributed by atoms with Crippen LogP contribution in [0.3, 0.4) is 0 Å². The number of piperidine rings is 1. The van der Waals surface area contributed by atoms with Gasteiger partial charge in [-0.25, -0.2) is 0 Å². The van der Waals surface area contributed by atoms with E-state index in [0.29, 0.717) is 18.7 Å². The Balaban J connectivity index is 1.84. The minimum Gasteiger partial charge on any atom is -0.396 e. The number of hydrogen-bond acceptors (Lipinski definition) is 2. The zero-order valence-corrected chi connectivity index (χ0v) is 11.9. The van der Waals surface area contributed by atoms with E-state index in [1.54, 1.807) is 0 Å². The third-order valence-electron chi connectivity index (χ3n) is 5.44. The van der Waals surface area contributed by atoms with Gasteiger partial charge in [0.25, 0.3) is 0 Å². The summed E-state index contributed by atoms with van der Waals surface area (Å²) in [5.41, 5.74) is 1.60. The maximum atomic E-state index is 9.90. The Kier molecular flexibility index (Phi) is 3.64. The van der Waals surface area contributed by atoms with E-state index in [1.807, 2.05) is 0 Å². The summed E-state index contributed by atoms with van der Waals surface area (Å²) in [6.07, 6.45) is 6.20. The van der Waals surface area contributed by atoms with E-state index in [4.69, 9.17) is 0 Å². The van der Waals surface area contributed by atoms with Crippen molar-refractivity contribution in [2.24, 2.45) is 5.41 Å². The van der Waals surface area contributed by atoms with E-state index in [0.717, 1.165) is 0 Å². The number of fused-ring (bicyclic) bond motifs is 1. The first-order chi connectivity index (χ1) is 9.27. The molecule has 3 atom stereocenters. The Hall–Kier alpha value is -0.860. The topological polar surface area (TPSA) is 23.5 Å². The lowest BCUT2D eigenvalue weighted by molar-refractivity contribution is -0.0243. The highest BCUT2D eigenvalue weighted by Crippen LogP contribution is 2.49. The van der Waals surface area contributed by atoms with Crippen LogP contribution in [0.15, 0.2) is 30.3 Å². The van der Waals surface area contributed by atoms with Gasteiger partial charge in [0.15, 0.2) is 0 Å². The fourth-order valence-electron chi connectivity index (χ4n) is 4.35. The van der Waals surface area contributed by atoms with Crippen LogP contribution < -0.4 is 0 Å². The summed E-state index contributed by atoms with van der Waals surface area (Å²) in [6.45, 7) is 3.87. The molecule has 1 unspecified atom stereocenters. The first kappa shape index (κ1) is 13.1. The fourth-order valence-corrected chi connectivity index (χ4v) is 4.35. The first-order valence-corrected chi connectivity index (χ1v) is 7.68. The normalized spacial score (nSPS) is 33.1. The van der Waals surface area contributed by atoms with Gasteiger partial charge in [0.1, 0.15) is 0 Å². The summed E-state index contributed by atoms with van der Waals surface area (Å²) in [4.78, 5) is 2.65. The Morgan fingerprint density at radius 2 is 2.00 bits per heavy atom. The van der Waals surface area contributed by atoms with Gasteiger partial charge in [0, 0.05) is 17.5 Å². The van der Waals surface area contributed by atoms with Crippen molar-refractivity contribution in [3.05, 3.63) is 35.9 Å². The molecule has 2 heteroatoms. The molecule has 2 nitrogen and oxygen atoms in total. The third kappa shape index (κ3) is 2.21. The van der Waals surface area contributed by atoms with E-state index in [1.165, 1.54) is 44.2 Å². The van der Waals surface area contributed by atoms with E-state index in [2.05, 4.69) is 42.2 Å². The molecule has 0 amide bonds. The molecule has 1 aliphatic carbocycles. The van der Waals surface area contributed by atoms with Gasteiger partial charge in [0.2, 0.25) is 0 Å². The van der Waals surface area contributed by atoms with Gasteiger partial charge in [-0.15, -0.1) is 0 Å². The second kappa shape index (κ2) is 5.26. The number of aliphatic hydroxyl groups excluding tert-OH is 1. The summed E-state index contributed by atoms with van der Waals surface area (Å²) < 4.78 is 0. The molecule has 0 aromatic heterocycles. The largest absolute Gasteiger partial charge is 0.396 e. The highest BCUT2D eigenvalue weighted by atomic mass is 16.3. The second-order valence-electron chi connectivity index (χ2n) is 6.36. The molecule has 1 saturated carbocycles. The quantitative estimate of drug-likeness (QED) is 0.899. The van der Waals surface area contributed by atoms with Crippen molar-refractivity contribution in [1.29, 1.82) is 0 Å². The van der Waals surface area contributed by atoms with Gasteiger partial charge in [-0.1, -0.05) is 36.8 Å². The van der Waals surface area contributed by atoms with Gasteiger partial charge in [0.05, 0.1) is 6.61 Å². The van der Waals surface area contributed by atoms with Crippen LogP contribution in [0.4, 0.5) is 0 Å². The molecule has 1 heterocycles. The van der Waals surface area contributed by atoms with E-state index in [9.17, 15) is 5.11 Å². The molecule has 0 bridgehead atoms. The molecule has 0 spiro atoms. The summed E-state index contributed by atoms with van der Waals surface area (Å²) >= 11 is 0. The van der Waals surface area contributed by atoms with Crippen LogP contribution >= 0.6 is 0 Å². The summed E-state index contributed by atoms with van der Waals surface area (Å²) in [5, 5.41) is 9.90. The number of benzene rings is 1. The van der Waals surface area contributed by atoms with E-state index >= 15 is 0 Å². The average Bonchev–Trinajstić information content (AvgIpc) is 2.91. The molecule has 1 aromatic carbocycles. The lowest BCUT2D eigenvalue weighted by atomic mass is 9.75. The maximum Gasteiger partial charge on any atom is 0.0502 e. The smallest absolute Gasteiger partial charge is 0.0502 e. The van der Waals surface area contributed by atoms with Crippen LogP contribution in [0.25, 0.3) is 0 Å². The highest BCUT2D eigenvalue weighted by Gasteiger charge is 2.48. The molecule has 1 aromatic rings. The number of hydrogen-bond donors (Lipinski definition) is 1. The van der Waals surface area contributed by atoms with Crippen LogP contribution in [0.1, 0.15) is 50.6 Å². The summed E-state index contributed by atoms with van der Waals surface area (Å²) in [7, 11) is 0. The molecular weight excluding hydrogens is 234 g/mol. The molecule has 0 radical (unpaired) electrons. The van der Waals surface area contributed by atoms with Gasteiger partial charge in [-0.3, -0.25) is 4.90 Å². The lowest BCUT2D eigenvalue weighted by Crippen LogP contribution is -2.51. The zero-order chi connectivity index (χ0) is 13.3. The molecule has 1 saturated heterocycles. The van der Waals surface area contributed by atoms with Crippen LogP contribution in [0.2, 0.25) is 0 Å². The minimum atomic E-state index is 0.196. The van der Waals surface area contributed by atoms with Crippen LogP contribution in [-0.4, -0.2) is 29.2 Å². The lowest BCUT2D eigenvalue weighted by Gasteiger charge is -2.48. The molecular formula is C17H25NO. The molecule has 3 rings (SSSR count). The number of nitrogens with zero attached hydrogens (tertiary/aromatic N) is 1. The molecule has 104 valence electrons. The third-order valence-corrected chi connectivity index (χ3v) is 5.44. The Bertz CT molecular complexity index is 419. The van der Waals surface area contributed by atoms with Gasteiger partial charge >= 0.3 is 0 Å². The van der Waals surface area contributed by atoms with Crippen molar-refractivity contribution in [1.82, 2.24) is 4.90 Å². The highest BCUT2D eigenvalue weighted by molar-refractivity contribution is 5.19. The van der Waals surface area contributed by atoms with Gasteiger partial charge < -0.3 is 5.11 Å². The zero-order valence-electron chi connectivity index (χ0n) is 11.9. The predicted molar refractivity (Wildman–Crippen MR) is 78.0 cm³/mol. The second-order valence-corrected chi connectivity index (χ2v) is 6.36. The number of rotatable bonds is 3. The number of aliphatic hydroxyl groups is 1. The van der Waals surface area contributed by atoms with Crippen molar-refractivity contribution in [2.75, 3.05) is 13.2 Å². The van der Waals surface area contributed by atoms with Crippen molar-refractivity contribution < 1.29 is 5.11 Å². The van der Waals surface area contributed by atoms with Crippen molar-refractivity contribution in [3.8, 4) is 0 Å². The van der Waals surface area contributed by atoms with E-state index < -0.39 is 0 Å². The molecule has 2 fully saturated rings. The monoisotopic (exact) mass is 259 g/mol. The first-order valence-electron chi connectivity index (χ1n) is 7.68. The molecule has 19 heavy (non-hydrogen) atoms. The summed E-state index contributed by atoms with van der Waals surface area (Å²) in [5.74, 6) is 0. The number of likely N-dealkylation sites (tertiary alicyclic amines) is 1. The SMILES string of the molecule is C[C@@H](c1ccccc1)N1CCC[C@@]2(CO)CCCC12. The minimum absolute atomic E-state index is 0.196. The summed E-state index contributed by atoms with van der Waals surface area (Å²) in [6, 6.07) is 11.9. The van der Waals surface area contributed by atoms with Crippen molar-refractivity contribution in [3.63, 3.8) is 0 Å². The van der Waals surface area contributed by atoms with Gasteiger partial charge in [-0.05, 0) is 44.7 Å². The fraction of sp³-hybridized carbons (Fsp3) is 0.647. The van der Waals surface area contributed by atoms with Crippen molar-refractivity contribution in [2.45, 2.75) is 51.1 Å². The van der Waals surface area contributed by atoms with Crippen LogP contribution in [0.5, 0.6) is 0 Å². The molecule has 2 aliphatic rings. The predicted octanol–water partition coefficient (Wildman–Crippen LogP) is 3.37. The van der Waals surface area contributed by atoms with Crippen LogP contribution in [-0.2, 0) is 0 Å². The van der Waals surface area contributed by atoms with E-state index in [-0.39, 0.29) is 5.41 Å². The molecule has 1 N–H and O–H groups in total. The Morgan fingerprint density at radius 3 is 2.74 bits per heavy atom. The Morgan fingerprint density at radius 1 is 1.26 bits per heavy atom. The van der Waals surface area contributed by atoms with Crippen LogP contribution in [0, 0.1) is 5.41 Å². The standard InChI is InChI=1S/C17H25NO/c1-14(15-7-3-2-4-8-15)18-12-6-11-17(13-19)10-5-9-16(17)18/h2-4,7-8,14,16,19H,5-6,9-13H2,1H3/t14-,16?,17+/m0/s1.